The van der Waals surface area contributed by atoms with Crippen LogP contribution in [0.3, 0.4) is 0 Å². The van der Waals surface area contributed by atoms with Crippen LogP contribution in [0.5, 0.6) is 0 Å². The summed E-state index contributed by atoms with van der Waals surface area (Å²) in [4.78, 5) is 0. The third-order valence-corrected chi connectivity index (χ3v) is 4.46. The van der Waals surface area contributed by atoms with E-state index in [1.807, 2.05) is 6.92 Å². The standard InChI is InChI=1S/C12H22N2O4S/c1-3-5-13-12-14-7-8(16)9(17)10(6(15)4-2)18-11(7)19-12/h6,9-17H,3-5H2,1-2H3/t6?,9-,10-,11-,12?/m1/s1. The summed E-state index contributed by atoms with van der Waals surface area (Å²) in [6.45, 7) is 4.74. The number of aliphatic hydroxyl groups excluding tert-OH is 3. The van der Waals surface area contributed by atoms with Gasteiger partial charge in [-0.25, -0.2) is 0 Å². The lowest BCUT2D eigenvalue weighted by Crippen LogP contribution is -2.47. The second-order valence-electron chi connectivity index (χ2n) is 4.77. The zero-order chi connectivity index (χ0) is 14.0. The number of hydrogen-bond acceptors (Lipinski definition) is 7. The maximum atomic E-state index is 10.0. The first kappa shape index (κ1) is 14.9. The van der Waals surface area contributed by atoms with Crippen molar-refractivity contribution in [2.75, 3.05) is 6.54 Å². The summed E-state index contributed by atoms with van der Waals surface area (Å²) in [5.74, 6) is -0.123. The summed E-state index contributed by atoms with van der Waals surface area (Å²) in [5, 5.41) is 36.2. The Morgan fingerprint density at radius 1 is 1.47 bits per heavy atom. The Labute approximate surface area is 117 Å². The number of ether oxygens (including phenoxy) is 1. The summed E-state index contributed by atoms with van der Waals surface area (Å²) in [6.07, 6.45) is -1.28. The van der Waals surface area contributed by atoms with Crippen LogP contribution in [-0.2, 0) is 4.74 Å². The first-order chi connectivity index (χ1) is 9.08. The van der Waals surface area contributed by atoms with Crippen molar-refractivity contribution in [1.29, 1.82) is 0 Å². The Kier molecular flexibility index (Phi) is 4.97. The Balaban J connectivity index is 2.08. The minimum Gasteiger partial charge on any atom is -0.507 e. The molecule has 0 bridgehead atoms. The molecule has 2 aliphatic heterocycles. The van der Waals surface area contributed by atoms with Crippen molar-refractivity contribution in [2.24, 2.45) is 0 Å². The summed E-state index contributed by atoms with van der Waals surface area (Å²) in [7, 11) is 0. The van der Waals surface area contributed by atoms with Gasteiger partial charge in [0.25, 0.3) is 0 Å². The van der Waals surface area contributed by atoms with E-state index >= 15 is 0 Å². The molecule has 5 atom stereocenters. The Hall–Kier alpha value is -0.470. The highest BCUT2D eigenvalue weighted by atomic mass is 32.2. The number of aliphatic hydroxyl groups is 3. The molecule has 0 amide bonds. The number of rotatable bonds is 5. The van der Waals surface area contributed by atoms with Crippen molar-refractivity contribution >= 4 is 11.8 Å². The average molecular weight is 290 g/mol. The van der Waals surface area contributed by atoms with E-state index in [-0.39, 0.29) is 16.7 Å². The van der Waals surface area contributed by atoms with E-state index in [0.717, 1.165) is 13.0 Å². The van der Waals surface area contributed by atoms with Crippen molar-refractivity contribution < 1.29 is 20.1 Å². The van der Waals surface area contributed by atoms with Gasteiger partial charge in [0.15, 0.2) is 0 Å². The minimum absolute atomic E-state index is 0.0492. The first-order valence-corrected chi connectivity index (χ1v) is 7.62. The first-order valence-electron chi connectivity index (χ1n) is 6.68. The van der Waals surface area contributed by atoms with Gasteiger partial charge in [-0.3, -0.25) is 5.32 Å². The smallest absolute Gasteiger partial charge is 0.150 e. The summed E-state index contributed by atoms with van der Waals surface area (Å²) in [5.41, 5.74) is 0.0847. The summed E-state index contributed by atoms with van der Waals surface area (Å²) >= 11 is 1.49. The van der Waals surface area contributed by atoms with Gasteiger partial charge in [-0.2, -0.15) is 0 Å². The molecule has 2 aliphatic rings. The Morgan fingerprint density at radius 3 is 2.84 bits per heavy atom. The molecular weight excluding hydrogens is 268 g/mol. The molecule has 0 saturated carbocycles. The third kappa shape index (κ3) is 3.00. The topological polar surface area (TPSA) is 94.0 Å². The van der Waals surface area contributed by atoms with Gasteiger partial charge in [-0.15, -0.1) is 0 Å². The van der Waals surface area contributed by atoms with E-state index in [9.17, 15) is 15.3 Å². The van der Waals surface area contributed by atoms with Gasteiger partial charge in [0, 0.05) is 0 Å². The van der Waals surface area contributed by atoms with Crippen LogP contribution in [0.1, 0.15) is 26.7 Å². The number of nitrogens with one attached hydrogen (secondary N) is 2. The fraction of sp³-hybridized carbons (Fsp3) is 0.833. The lowest BCUT2D eigenvalue weighted by Gasteiger charge is -2.33. The average Bonchev–Trinajstić information content (AvgIpc) is 2.82. The predicted octanol–water partition coefficient (Wildman–Crippen LogP) is 0.232. The maximum absolute atomic E-state index is 10.0. The van der Waals surface area contributed by atoms with Crippen molar-refractivity contribution in [3.63, 3.8) is 0 Å². The van der Waals surface area contributed by atoms with Gasteiger partial charge in [0.2, 0.25) is 0 Å². The molecule has 2 unspecified atom stereocenters. The van der Waals surface area contributed by atoms with Gasteiger partial charge in [-0.05, 0) is 19.4 Å². The molecule has 6 nitrogen and oxygen atoms in total. The van der Waals surface area contributed by atoms with E-state index < -0.39 is 18.3 Å². The largest absolute Gasteiger partial charge is 0.507 e. The minimum atomic E-state index is -1.18. The molecule has 1 fully saturated rings. The Morgan fingerprint density at radius 2 is 2.21 bits per heavy atom. The molecule has 0 aromatic rings. The van der Waals surface area contributed by atoms with Gasteiger partial charge in [0.1, 0.15) is 28.9 Å². The zero-order valence-electron chi connectivity index (χ0n) is 11.2. The number of fused-ring (bicyclic) bond motifs is 1. The van der Waals surface area contributed by atoms with Gasteiger partial charge >= 0.3 is 0 Å². The quantitative estimate of drug-likeness (QED) is 0.495. The highest BCUT2D eigenvalue weighted by Crippen LogP contribution is 2.38. The lowest BCUT2D eigenvalue weighted by atomic mass is 10.0. The van der Waals surface area contributed by atoms with Crippen LogP contribution in [0.15, 0.2) is 11.5 Å². The zero-order valence-corrected chi connectivity index (χ0v) is 12.0. The second-order valence-corrected chi connectivity index (χ2v) is 5.94. The molecule has 19 heavy (non-hydrogen) atoms. The van der Waals surface area contributed by atoms with E-state index in [1.165, 1.54) is 11.8 Å². The van der Waals surface area contributed by atoms with E-state index in [2.05, 4.69) is 17.6 Å². The van der Waals surface area contributed by atoms with Gasteiger partial charge < -0.3 is 25.4 Å². The highest BCUT2D eigenvalue weighted by molar-refractivity contribution is 8.00. The van der Waals surface area contributed by atoms with Gasteiger partial charge in [0.05, 0.1) is 11.8 Å². The van der Waals surface area contributed by atoms with Crippen molar-refractivity contribution in [1.82, 2.24) is 10.6 Å². The molecule has 2 heterocycles. The molecule has 0 spiro atoms. The van der Waals surface area contributed by atoms with Crippen LogP contribution < -0.4 is 10.6 Å². The second kappa shape index (κ2) is 6.32. The molecule has 5 N–H and O–H groups in total. The molecule has 0 aromatic heterocycles. The molecule has 7 heteroatoms. The summed E-state index contributed by atoms with van der Waals surface area (Å²) in [6, 6.07) is 0. The van der Waals surface area contributed by atoms with Crippen LogP contribution in [0.25, 0.3) is 0 Å². The molecule has 1 saturated heterocycles. The van der Waals surface area contributed by atoms with Crippen molar-refractivity contribution in [3.05, 3.63) is 11.5 Å². The van der Waals surface area contributed by atoms with E-state index in [1.54, 1.807) is 0 Å². The predicted molar refractivity (Wildman–Crippen MR) is 73.4 cm³/mol. The molecule has 2 rings (SSSR count). The van der Waals surface area contributed by atoms with Crippen molar-refractivity contribution in [2.45, 2.75) is 55.9 Å². The highest BCUT2D eigenvalue weighted by Gasteiger charge is 2.44. The SMILES string of the molecule is CCCNC1NC2=C(O)[C@@H](O)[C@@H](C(O)CC)O[C@@H]2S1. The van der Waals surface area contributed by atoms with Crippen LogP contribution in [-0.4, -0.2) is 51.1 Å². The lowest BCUT2D eigenvalue weighted by molar-refractivity contribution is -0.113. The molecule has 110 valence electrons. The number of hydrogen-bond donors (Lipinski definition) is 5. The van der Waals surface area contributed by atoms with Crippen LogP contribution >= 0.6 is 11.8 Å². The van der Waals surface area contributed by atoms with Crippen LogP contribution in [0.2, 0.25) is 0 Å². The molecule has 0 aromatic carbocycles. The van der Waals surface area contributed by atoms with Crippen LogP contribution in [0, 0.1) is 0 Å². The maximum Gasteiger partial charge on any atom is 0.150 e. The molecule has 0 aliphatic carbocycles. The number of thioether (sulfide) groups is 1. The normalized spacial score (nSPS) is 36.0. The summed E-state index contributed by atoms with van der Waals surface area (Å²) < 4.78 is 5.70. The fourth-order valence-electron chi connectivity index (χ4n) is 2.17. The van der Waals surface area contributed by atoms with Gasteiger partial charge in [-0.1, -0.05) is 25.6 Å². The fourth-order valence-corrected chi connectivity index (χ4v) is 3.34. The van der Waals surface area contributed by atoms with Crippen LogP contribution in [0.4, 0.5) is 0 Å². The van der Waals surface area contributed by atoms with E-state index in [4.69, 9.17) is 4.74 Å². The molecular formula is C12H22N2O4S. The Bertz CT molecular complexity index is 353. The van der Waals surface area contributed by atoms with Crippen molar-refractivity contribution in [3.8, 4) is 0 Å². The third-order valence-electron chi connectivity index (χ3n) is 3.31. The molecule has 0 radical (unpaired) electrons. The van der Waals surface area contributed by atoms with E-state index in [0.29, 0.717) is 12.1 Å². The monoisotopic (exact) mass is 290 g/mol.